The van der Waals surface area contributed by atoms with Gasteiger partial charge in [0.1, 0.15) is 5.75 Å². The molecule has 2 N–H and O–H groups in total. The molecule has 0 spiro atoms. The number of thiophene rings is 1. The van der Waals surface area contributed by atoms with Crippen LogP contribution in [0.25, 0.3) is 0 Å². The number of hydrogen-bond donors (Lipinski definition) is 2. The maximum atomic E-state index is 11.6. The summed E-state index contributed by atoms with van der Waals surface area (Å²) in [4.78, 5) is 22.6. The van der Waals surface area contributed by atoms with Crippen LogP contribution in [0.4, 0.5) is 0 Å². The Morgan fingerprint density at radius 2 is 2.05 bits per heavy atom. The molecule has 2 aromatic rings. The van der Waals surface area contributed by atoms with E-state index in [1.54, 1.807) is 36.4 Å². The first kappa shape index (κ1) is 14.7. The number of carboxylic acid groups (broad SMARTS) is 1. The number of benzene rings is 1. The SMILES string of the molecule is O=C(O)COc1ccc(/C=N\NC(=O)c2cccs2)cc1. The largest absolute Gasteiger partial charge is 0.482 e. The first-order chi connectivity index (χ1) is 10.1. The van der Waals surface area contributed by atoms with Crippen molar-refractivity contribution in [3.05, 3.63) is 52.2 Å². The maximum Gasteiger partial charge on any atom is 0.341 e. The van der Waals surface area contributed by atoms with Gasteiger partial charge in [0, 0.05) is 0 Å². The van der Waals surface area contributed by atoms with Gasteiger partial charge in [-0.1, -0.05) is 6.07 Å². The molecule has 0 radical (unpaired) electrons. The lowest BCUT2D eigenvalue weighted by Gasteiger charge is -2.02. The number of ether oxygens (including phenoxy) is 1. The molecule has 0 unspecified atom stereocenters. The lowest BCUT2D eigenvalue weighted by Crippen LogP contribution is -2.16. The van der Waals surface area contributed by atoms with Gasteiger partial charge in [-0.25, -0.2) is 10.2 Å². The molecule has 6 nitrogen and oxygen atoms in total. The number of hydrogen-bond acceptors (Lipinski definition) is 5. The zero-order valence-electron chi connectivity index (χ0n) is 10.9. The molecule has 0 aliphatic heterocycles. The smallest absolute Gasteiger partial charge is 0.341 e. The number of rotatable bonds is 6. The molecule has 0 fully saturated rings. The van der Waals surface area contributed by atoms with E-state index in [9.17, 15) is 9.59 Å². The molecule has 1 aromatic carbocycles. The topological polar surface area (TPSA) is 88.0 Å². The lowest BCUT2D eigenvalue weighted by molar-refractivity contribution is -0.139. The molecule has 1 aromatic heterocycles. The number of carboxylic acids is 1. The monoisotopic (exact) mass is 304 g/mol. The van der Waals surface area contributed by atoms with Crippen LogP contribution in [-0.4, -0.2) is 29.8 Å². The summed E-state index contributed by atoms with van der Waals surface area (Å²) in [6.07, 6.45) is 1.49. The second kappa shape index (κ2) is 7.20. The van der Waals surface area contributed by atoms with Crippen molar-refractivity contribution in [1.82, 2.24) is 5.43 Å². The molecular formula is C14H12N2O4S. The molecule has 0 saturated heterocycles. The Bertz CT molecular complexity index is 636. The highest BCUT2D eigenvalue weighted by atomic mass is 32.1. The number of hydrazone groups is 1. The second-order valence-electron chi connectivity index (χ2n) is 3.93. The van der Waals surface area contributed by atoms with Gasteiger partial charge in [-0.05, 0) is 41.3 Å². The fourth-order valence-corrected chi connectivity index (χ4v) is 2.04. The van der Waals surface area contributed by atoms with Crippen LogP contribution >= 0.6 is 11.3 Å². The Morgan fingerprint density at radius 3 is 2.67 bits per heavy atom. The third kappa shape index (κ3) is 4.73. The molecule has 0 aliphatic carbocycles. The van der Waals surface area contributed by atoms with Crippen molar-refractivity contribution >= 4 is 29.4 Å². The van der Waals surface area contributed by atoms with Gasteiger partial charge in [0.2, 0.25) is 0 Å². The molecule has 0 saturated carbocycles. The van der Waals surface area contributed by atoms with Crippen LogP contribution in [0.2, 0.25) is 0 Å². The maximum absolute atomic E-state index is 11.6. The minimum atomic E-state index is -1.03. The van der Waals surface area contributed by atoms with E-state index < -0.39 is 5.97 Å². The predicted octanol–water partition coefficient (Wildman–Crippen LogP) is 1.98. The van der Waals surface area contributed by atoms with Crippen molar-refractivity contribution in [2.45, 2.75) is 0 Å². The number of carbonyl (C=O) groups is 2. The van der Waals surface area contributed by atoms with Crippen molar-refractivity contribution in [3.8, 4) is 5.75 Å². The van der Waals surface area contributed by atoms with Crippen molar-refractivity contribution in [3.63, 3.8) is 0 Å². The van der Waals surface area contributed by atoms with Crippen LogP contribution in [0.5, 0.6) is 5.75 Å². The highest BCUT2D eigenvalue weighted by molar-refractivity contribution is 7.12. The summed E-state index contributed by atoms with van der Waals surface area (Å²) in [5.74, 6) is -0.836. The van der Waals surface area contributed by atoms with Gasteiger partial charge >= 0.3 is 5.97 Å². The highest BCUT2D eigenvalue weighted by Gasteiger charge is 2.03. The predicted molar refractivity (Wildman–Crippen MR) is 79.0 cm³/mol. The number of aliphatic carboxylic acids is 1. The third-order valence-electron chi connectivity index (χ3n) is 2.37. The molecule has 1 heterocycles. The van der Waals surface area contributed by atoms with E-state index in [-0.39, 0.29) is 12.5 Å². The van der Waals surface area contributed by atoms with Crippen LogP contribution in [-0.2, 0) is 4.79 Å². The van der Waals surface area contributed by atoms with Crippen LogP contribution in [0, 0.1) is 0 Å². The average Bonchev–Trinajstić information content (AvgIpc) is 3.00. The zero-order valence-corrected chi connectivity index (χ0v) is 11.7. The summed E-state index contributed by atoms with van der Waals surface area (Å²) in [5.41, 5.74) is 3.17. The highest BCUT2D eigenvalue weighted by Crippen LogP contribution is 2.11. The van der Waals surface area contributed by atoms with Gasteiger partial charge < -0.3 is 9.84 Å². The van der Waals surface area contributed by atoms with E-state index in [0.717, 1.165) is 5.56 Å². The van der Waals surface area contributed by atoms with Crippen LogP contribution < -0.4 is 10.2 Å². The molecule has 7 heteroatoms. The summed E-state index contributed by atoms with van der Waals surface area (Å²) < 4.78 is 5.00. The number of carbonyl (C=O) groups excluding carboxylic acids is 1. The van der Waals surface area contributed by atoms with Gasteiger partial charge in [0.05, 0.1) is 11.1 Å². The van der Waals surface area contributed by atoms with E-state index in [2.05, 4.69) is 10.5 Å². The average molecular weight is 304 g/mol. The Kier molecular flexibility index (Phi) is 5.05. The molecule has 0 bridgehead atoms. The number of nitrogens with zero attached hydrogens (tertiary/aromatic N) is 1. The summed E-state index contributed by atoms with van der Waals surface area (Å²) in [7, 11) is 0. The molecule has 2 rings (SSSR count). The molecule has 21 heavy (non-hydrogen) atoms. The first-order valence-corrected chi connectivity index (χ1v) is 6.84. The van der Waals surface area contributed by atoms with Crippen molar-refractivity contribution < 1.29 is 19.4 Å². The van der Waals surface area contributed by atoms with Gasteiger partial charge in [-0.15, -0.1) is 11.3 Å². The van der Waals surface area contributed by atoms with Crippen LogP contribution in [0.3, 0.4) is 0 Å². The van der Waals surface area contributed by atoms with E-state index >= 15 is 0 Å². The Morgan fingerprint density at radius 1 is 1.29 bits per heavy atom. The van der Waals surface area contributed by atoms with Crippen molar-refractivity contribution in [2.75, 3.05) is 6.61 Å². The zero-order chi connectivity index (χ0) is 15.1. The van der Waals surface area contributed by atoms with Crippen molar-refractivity contribution in [1.29, 1.82) is 0 Å². The summed E-state index contributed by atoms with van der Waals surface area (Å²) in [6, 6.07) is 10.2. The fraction of sp³-hybridized carbons (Fsp3) is 0.0714. The summed E-state index contributed by atoms with van der Waals surface area (Å²) >= 11 is 1.34. The normalized spacial score (nSPS) is 10.5. The van der Waals surface area contributed by atoms with Crippen LogP contribution in [0.15, 0.2) is 46.9 Å². The van der Waals surface area contributed by atoms with E-state index in [0.29, 0.717) is 10.6 Å². The fourth-order valence-electron chi connectivity index (χ4n) is 1.42. The molecular weight excluding hydrogens is 292 g/mol. The minimum absolute atomic E-state index is 0.261. The molecule has 0 aliphatic rings. The number of amides is 1. The molecule has 0 atom stereocenters. The van der Waals surface area contributed by atoms with Gasteiger partial charge in [0.25, 0.3) is 5.91 Å². The van der Waals surface area contributed by atoms with Crippen molar-refractivity contribution in [2.24, 2.45) is 5.10 Å². The summed E-state index contributed by atoms with van der Waals surface area (Å²) in [5, 5.41) is 14.2. The summed E-state index contributed by atoms with van der Waals surface area (Å²) in [6.45, 7) is -0.385. The lowest BCUT2D eigenvalue weighted by atomic mass is 10.2. The quantitative estimate of drug-likeness (QED) is 0.631. The molecule has 108 valence electrons. The van der Waals surface area contributed by atoms with Gasteiger partial charge in [-0.2, -0.15) is 5.10 Å². The van der Waals surface area contributed by atoms with Gasteiger partial charge in [0.15, 0.2) is 6.61 Å². The van der Waals surface area contributed by atoms with E-state index in [4.69, 9.17) is 9.84 Å². The minimum Gasteiger partial charge on any atom is -0.482 e. The third-order valence-corrected chi connectivity index (χ3v) is 3.24. The van der Waals surface area contributed by atoms with E-state index in [1.807, 2.05) is 5.38 Å². The first-order valence-electron chi connectivity index (χ1n) is 5.97. The van der Waals surface area contributed by atoms with E-state index in [1.165, 1.54) is 17.6 Å². The van der Waals surface area contributed by atoms with Crippen LogP contribution in [0.1, 0.15) is 15.2 Å². The standard InChI is InChI=1S/C14H12N2O4S/c17-13(18)9-20-11-5-3-10(4-6-11)8-15-16-14(19)12-2-1-7-21-12/h1-8H,9H2,(H,16,19)(H,17,18)/b15-8-. The second-order valence-corrected chi connectivity index (χ2v) is 4.88. The van der Waals surface area contributed by atoms with Gasteiger partial charge in [-0.3, -0.25) is 4.79 Å². The Hall–Kier alpha value is -2.67. The number of nitrogens with one attached hydrogen (secondary N) is 1. The Labute approximate surface area is 124 Å². The molecule has 1 amide bonds. The Balaban J connectivity index is 1.86.